The van der Waals surface area contributed by atoms with Crippen LogP contribution in [0.3, 0.4) is 0 Å². The van der Waals surface area contributed by atoms with Crippen LogP contribution in [0.5, 0.6) is 0 Å². The first-order chi connectivity index (χ1) is 10.3. The molecule has 3 atom stereocenters. The highest BCUT2D eigenvalue weighted by Gasteiger charge is 2.62. The maximum absolute atomic E-state index is 12.3. The highest BCUT2D eigenvalue weighted by atomic mass is 16.8. The number of hydrogen-bond donors (Lipinski definition) is 1. The molecule has 1 aromatic carbocycles. The number of ether oxygens (including phenoxy) is 1. The van der Waals surface area contributed by atoms with E-state index in [9.17, 15) is 10.0 Å². The Morgan fingerprint density at radius 3 is 2.41 bits per heavy atom. The van der Waals surface area contributed by atoms with E-state index in [2.05, 4.69) is 20.8 Å². The fourth-order valence-electron chi connectivity index (χ4n) is 4.23. The van der Waals surface area contributed by atoms with Gasteiger partial charge in [0.1, 0.15) is 6.10 Å². The summed E-state index contributed by atoms with van der Waals surface area (Å²) in [5.41, 5.74) is 0.714. The van der Waals surface area contributed by atoms with Crippen molar-refractivity contribution in [1.82, 2.24) is 0 Å². The van der Waals surface area contributed by atoms with Crippen LogP contribution >= 0.6 is 0 Å². The van der Waals surface area contributed by atoms with Crippen molar-refractivity contribution in [2.45, 2.75) is 46.1 Å². The monoisotopic (exact) mass is 304 g/mol. The molecule has 0 saturated heterocycles. The van der Waals surface area contributed by atoms with Gasteiger partial charge in [0, 0.05) is 5.41 Å². The molecule has 120 valence electrons. The smallest absolute Gasteiger partial charge is 0.338 e. The number of benzene rings is 1. The van der Waals surface area contributed by atoms with Crippen molar-refractivity contribution < 1.29 is 14.7 Å². The van der Waals surface area contributed by atoms with Gasteiger partial charge in [-0.15, -0.1) is 0 Å². The van der Waals surface area contributed by atoms with Crippen molar-refractivity contribution in [2.75, 3.05) is 5.23 Å². The molecule has 0 radical (unpaired) electrons. The minimum Gasteiger partial charge on any atom is -0.733 e. The largest absolute Gasteiger partial charge is 0.733 e. The van der Waals surface area contributed by atoms with Gasteiger partial charge in [0.25, 0.3) is 0 Å². The summed E-state index contributed by atoms with van der Waals surface area (Å²) in [6, 6.07) is 5.80. The molecule has 0 amide bonds. The summed E-state index contributed by atoms with van der Waals surface area (Å²) in [5.74, 6) is 0.248. The van der Waals surface area contributed by atoms with Gasteiger partial charge in [0.2, 0.25) is 0 Å². The number of rotatable bonds is 3. The molecule has 0 heterocycles. The average molecular weight is 304 g/mol. The number of hydrogen-bond acceptors (Lipinski definition) is 5. The predicted octanol–water partition coefficient (Wildman–Crippen LogP) is 3.75. The Morgan fingerprint density at radius 2 is 1.95 bits per heavy atom. The Hall–Kier alpha value is -1.59. The number of carbonyl (C=O) groups excluding carboxylic acids is 1. The summed E-state index contributed by atoms with van der Waals surface area (Å²) in [6.07, 6.45) is 3.18. The van der Waals surface area contributed by atoms with Crippen molar-refractivity contribution in [3.05, 3.63) is 35.0 Å². The van der Waals surface area contributed by atoms with Gasteiger partial charge in [-0.1, -0.05) is 20.8 Å². The second-order valence-electron chi connectivity index (χ2n) is 7.32. The Bertz CT molecular complexity index is 581. The fourth-order valence-corrected chi connectivity index (χ4v) is 4.23. The fraction of sp³-hybridized carbons (Fsp3) is 0.588. The number of nitrogens with zero attached hydrogens (tertiary/aromatic N) is 1. The van der Waals surface area contributed by atoms with Crippen molar-refractivity contribution in [3.8, 4) is 0 Å². The zero-order valence-electron chi connectivity index (χ0n) is 13.2. The third-order valence-corrected chi connectivity index (χ3v) is 6.29. The molecule has 1 N–H and O–H groups in total. The maximum Gasteiger partial charge on any atom is 0.338 e. The van der Waals surface area contributed by atoms with Crippen LogP contribution in [-0.2, 0) is 4.74 Å². The lowest BCUT2D eigenvalue weighted by atomic mass is 9.70. The Balaban J connectivity index is 1.73. The molecule has 3 rings (SSSR count). The summed E-state index contributed by atoms with van der Waals surface area (Å²) < 4.78 is 5.78. The first kappa shape index (κ1) is 15.3. The summed E-state index contributed by atoms with van der Waals surface area (Å²) >= 11 is 0. The van der Waals surface area contributed by atoms with Crippen LogP contribution < -0.4 is 5.23 Å². The minimum absolute atomic E-state index is 0.0319. The summed E-state index contributed by atoms with van der Waals surface area (Å²) in [7, 11) is 0. The van der Waals surface area contributed by atoms with E-state index >= 15 is 0 Å². The van der Waals surface area contributed by atoms with Gasteiger partial charge in [-0.25, -0.2) is 4.79 Å². The second-order valence-corrected chi connectivity index (χ2v) is 7.32. The van der Waals surface area contributed by atoms with Gasteiger partial charge in [0.05, 0.1) is 11.3 Å². The molecule has 0 spiro atoms. The molecule has 2 bridgehead atoms. The van der Waals surface area contributed by atoms with E-state index < -0.39 is 0 Å². The van der Waals surface area contributed by atoms with E-state index in [0.717, 1.165) is 12.8 Å². The third-order valence-electron chi connectivity index (χ3n) is 6.29. The number of anilines is 1. The van der Waals surface area contributed by atoms with E-state index in [1.807, 2.05) is 0 Å². The van der Waals surface area contributed by atoms with Crippen molar-refractivity contribution in [2.24, 2.45) is 16.7 Å². The van der Waals surface area contributed by atoms with Gasteiger partial charge < -0.3 is 15.2 Å². The van der Waals surface area contributed by atoms with E-state index in [0.29, 0.717) is 11.5 Å². The average Bonchev–Trinajstić information content (AvgIpc) is 2.80. The summed E-state index contributed by atoms with van der Waals surface area (Å²) in [5, 5.41) is 19.3. The molecule has 0 aromatic heterocycles. The second kappa shape index (κ2) is 4.96. The first-order valence-electron chi connectivity index (χ1n) is 7.73. The van der Waals surface area contributed by atoms with Crippen LogP contribution in [0.4, 0.5) is 5.69 Å². The zero-order chi connectivity index (χ0) is 16.1. The molecular formula is C17H22NO4-. The summed E-state index contributed by atoms with van der Waals surface area (Å²) in [6.45, 7) is 6.77. The minimum atomic E-state index is -0.364. The quantitative estimate of drug-likeness (QED) is 0.680. The lowest BCUT2D eigenvalue weighted by Gasteiger charge is -2.38. The molecule has 2 aliphatic carbocycles. The SMILES string of the molecule is CC1(C)[C@@H]2CC[C@@]1(C)[C@@H](OC(=O)c1ccc(N([O-])O)cc1)C2. The van der Waals surface area contributed by atoms with E-state index in [-0.39, 0.29) is 33.8 Å². The van der Waals surface area contributed by atoms with Crippen LogP contribution in [-0.4, -0.2) is 17.3 Å². The molecule has 22 heavy (non-hydrogen) atoms. The van der Waals surface area contributed by atoms with Crippen LogP contribution in [0.2, 0.25) is 0 Å². The molecule has 0 unspecified atom stereocenters. The van der Waals surface area contributed by atoms with Gasteiger partial charge in [-0.05, 0) is 54.9 Å². The van der Waals surface area contributed by atoms with Crippen molar-refractivity contribution in [3.63, 3.8) is 0 Å². The zero-order valence-corrected chi connectivity index (χ0v) is 13.2. The topological polar surface area (TPSA) is 72.8 Å². The van der Waals surface area contributed by atoms with E-state index in [4.69, 9.17) is 9.94 Å². The summed E-state index contributed by atoms with van der Waals surface area (Å²) in [4.78, 5) is 12.3. The standard InChI is InChI=1S/C17H22NO4/c1-16(2)12-8-9-17(16,3)14(10-12)22-15(19)11-4-6-13(7-5-11)18(20)21/h4-7,12,14,20H,8-10H2,1-3H3/q-1/t12-,14+,17+/m1/s1. The number of esters is 1. The predicted molar refractivity (Wildman–Crippen MR) is 82.5 cm³/mol. The van der Waals surface area contributed by atoms with E-state index in [1.54, 1.807) is 0 Å². The number of fused-ring (bicyclic) bond motifs is 2. The van der Waals surface area contributed by atoms with Gasteiger partial charge >= 0.3 is 5.97 Å². The molecule has 2 aliphatic rings. The normalized spacial score (nSPS) is 32.0. The van der Waals surface area contributed by atoms with E-state index in [1.165, 1.54) is 30.7 Å². The molecule has 2 fully saturated rings. The van der Waals surface area contributed by atoms with Gasteiger partial charge in [-0.3, -0.25) is 5.21 Å². The third kappa shape index (κ3) is 2.11. The first-order valence-corrected chi connectivity index (χ1v) is 7.73. The Labute approximate surface area is 130 Å². The van der Waals surface area contributed by atoms with Crippen LogP contribution in [0.15, 0.2) is 24.3 Å². The van der Waals surface area contributed by atoms with Gasteiger partial charge in [-0.2, -0.15) is 0 Å². The Kier molecular flexibility index (Phi) is 3.45. The number of carbonyl (C=O) groups is 1. The highest BCUT2D eigenvalue weighted by Crippen LogP contribution is 2.66. The van der Waals surface area contributed by atoms with Crippen LogP contribution in [0.25, 0.3) is 0 Å². The van der Waals surface area contributed by atoms with Gasteiger partial charge in [0.15, 0.2) is 0 Å². The lowest BCUT2D eigenvalue weighted by Crippen LogP contribution is -2.38. The molecular weight excluding hydrogens is 282 g/mol. The molecule has 2 saturated carbocycles. The molecule has 0 aliphatic heterocycles. The maximum atomic E-state index is 12.3. The van der Waals surface area contributed by atoms with Crippen LogP contribution in [0.1, 0.15) is 50.4 Å². The lowest BCUT2D eigenvalue weighted by molar-refractivity contribution is -0.0242. The van der Waals surface area contributed by atoms with Crippen LogP contribution in [0, 0.1) is 22.0 Å². The molecule has 1 aromatic rings. The van der Waals surface area contributed by atoms with Crippen molar-refractivity contribution >= 4 is 11.7 Å². The van der Waals surface area contributed by atoms with Crippen molar-refractivity contribution in [1.29, 1.82) is 0 Å². The highest BCUT2D eigenvalue weighted by molar-refractivity contribution is 5.90. The molecule has 5 nitrogen and oxygen atoms in total. The Morgan fingerprint density at radius 1 is 1.32 bits per heavy atom. The molecule has 5 heteroatoms.